The molecule has 0 radical (unpaired) electrons. The van der Waals surface area contributed by atoms with Crippen LogP contribution < -0.4 is 11.5 Å². The van der Waals surface area contributed by atoms with Crippen LogP contribution in [0.5, 0.6) is 0 Å². The lowest BCUT2D eigenvalue weighted by Crippen LogP contribution is -2.61. The summed E-state index contributed by atoms with van der Waals surface area (Å²) in [5.41, 5.74) is 12.0. The Bertz CT molecular complexity index is 512. The predicted octanol–water partition coefficient (Wildman–Crippen LogP) is -2.87. The van der Waals surface area contributed by atoms with Gasteiger partial charge in [0.15, 0.2) is 6.29 Å². The molecule has 2 aliphatic heterocycles. The van der Waals surface area contributed by atoms with Gasteiger partial charge in [-0.3, -0.25) is 0 Å². The third kappa shape index (κ3) is 2.98. The van der Waals surface area contributed by atoms with Crippen LogP contribution in [-0.4, -0.2) is 76.6 Å². The molecule has 8 N–H and O–H groups in total. The van der Waals surface area contributed by atoms with Gasteiger partial charge >= 0.3 is 0 Å². The summed E-state index contributed by atoms with van der Waals surface area (Å²) in [6.07, 6.45) is -3.06. The van der Waals surface area contributed by atoms with Crippen molar-refractivity contribution in [1.29, 1.82) is 0 Å². The summed E-state index contributed by atoms with van der Waals surface area (Å²) in [5, 5.41) is 40.0. The van der Waals surface area contributed by atoms with Crippen molar-refractivity contribution in [2.45, 2.75) is 43.1 Å². The van der Waals surface area contributed by atoms with E-state index in [4.69, 9.17) is 25.7 Å². The Hall–Kier alpha value is -1.04. The second-order valence-electron chi connectivity index (χ2n) is 6.26. The van der Waals surface area contributed by atoms with Gasteiger partial charge in [0.05, 0.1) is 18.3 Å². The molecule has 9 heteroatoms. The first kappa shape index (κ1) is 17.8. The number of nitrogens with two attached hydrogens (primary N) is 2. The maximum Gasteiger partial charge on any atom is 0.208 e. The van der Waals surface area contributed by atoms with Crippen LogP contribution >= 0.6 is 0 Å². The van der Waals surface area contributed by atoms with E-state index in [1.807, 2.05) is 0 Å². The molecule has 0 saturated carbocycles. The van der Waals surface area contributed by atoms with E-state index >= 15 is 0 Å². The summed E-state index contributed by atoms with van der Waals surface area (Å²) in [6.45, 7) is 0.186. The average molecular weight is 344 g/mol. The van der Waals surface area contributed by atoms with Crippen molar-refractivity contribution < 1.29 is 34.6 Å². The number of hydrogen-bond acceptors (Lipinski definition) is 9. The van der Waals surface area contributed by atoms with Gasteiger partial charge in [-0.05, 0) is 11.6 Å². The smallest absolute Gasteiger partial charge is 0.208 e. The van der Waals surface area contributed by atoms with Crippen molar-refractivity contribution in [2.24, 2.45) is 23.3 Å². The van der Waals surface area contributed by atoms with Gasteiger partial charge in [-0.2, -0.15) is 0 Å². The SMILES string of the molecule is NCC1=C[C@@H](O)[C@@H]2C=CO[C@@H](O[C@@H]3O[C@H](CN)[C@@H](O)[C@H](O)[C@H]3O)[C@H]12. The molecule has 0 amide bonds. The van der Waals surface area contributed by atoms with Crippen molar-refractivity contribution in [3.63, 3.8) is 0 Å². The number of fused-ring (bicyclic) bond motifs is 1. The van der Waals surface area contributed by atoms with Crippen LogP contribution in [0.15, 0.2) is 24.0 Å². The molecule has 0 spiro atoms. The maximum atomic E-state index is 10.1. The molecule has 1 saturated heterocycles. The highest BCUT2D eigenvalue weighted by Gasteiger charge is 2.48. The highest BCUT2D eigenvalue weighted by Crippen LogP contribution is 2.40. The zero-order chi connectivity index (χ0) is 17.4. The number of aliphatic hydroxyl groups is 4. The molecule has 24 heavy (non-hydrogen) atoms. The molecule has 0 aromatic heterocycles. The van der Waals surface area contributed by atoms with Gasteiger partial charge in [0.1, 0.15) is 24.4 Å². The van der Waals surface area contributed by atoms with Crippen LogP contribution in [0.3, 0.4) is 0 Å². The van der Waals surface area contributed by atoms with E-state index < -0.39 is 43.1 Å². The fourth-order valence-electron chi connectivity index (χ4n) is 3.47. The van der Waals surface area contributed by atoms with E-state index in [-0.39, 0.29) is 24.9 Å². The normalized spacial score (nSPS) is 47.9. The largest absolute Gasteiger partial charge is 0.472 e. The molecule has 9 atom stereocenters. The van der Waals surface area contributed by atoms with Crippen LogP contribution in [0.4, 0.5) is 0 Å². The van der Waals surface area contributed by atoms with E-state index in [1.54, 1.807) is 12.2 Å². The summed E-state index contributed by atoms with van der Waals surface area (Å²) in [4.78, 5) is 0. The fraction of sp³-hybridized carbons (Fsp3) is 0.733. The molecule has 136 valence electrons. The maximum absolute atomic E-state index is 10.1. The first-order valence-electron chi connectivity index (χ1n) is 7.94. The second kappa shape index (κ2) is 7.06. The summed E-state index contributed by atoms with van der Waals surface area (Å²) in [7, 11) is 0. The van der Waals surface area contributed by atoms with Crippen molar-refractivity contribution in [2.75, 3.05) is 13.1 Å². The molecule has 0 unspecified atom stereocenters. The van der Waals surface area contributed by atoms with E-state index in [1.165, 1.54) is 6.26 Å². The molecule has 0 bridgehead atoms. The van der Waals surface area contributed by atoms with Gasteiger partial charge in [0, 0.05) is 19.0 Å². The first-order chi connectivity index (χ1) is 11.5. The van der Waals surface area contributed by atoms with E-state index in [0.717, 1.165) is 5.57 Å². The Morgan fingerprint density at radius 1 is 1.04 bits per heavy atom. The van der Waals surface area contributed by atoms with Crippen LogP contribution in [0.25, 0.3) is 0 Å². The summed E-state index contributed by atoms with van der Waals surface area (Å²) in [5.74, 6) is -0.574. The van der Waals surface area contributed by atoms with Gasteiger partial charge in [0.25, 0.3) is 0 Å². The lowest BCUT2D eigenvalue weighted by atomic mass is 9.88. The standard InChI is InChI=1S/C15H24N2O7/c16-4-6-3-8(18)7-1-2-22-14(10(6)7)24-15-13(21)12(20)11(19)9(5-17)23-15/h1-3,7-15,18-21H,4-5,16-17H2/t7-,8+,9+,10+,11+,12-,13+,14-,15-/m0/s1. The zero-order valence-electron chi connectivity index (χ0n) is 13.0. The van der Waals surface area contributed by atoms with Crippen LogP contribution in [0.2, 0.25) is 0 Å². The quantitative estimate of drug-likeness (QED) is 0.295. The Labute approximate surface area is 139 Å². The lowest BCUT2D eigenvalue weighted by molar-refractivity contribution is -0.335. The minimum atomic E-state index is -1.47. The van der Waals surface area contributed by atoms with Gasteiger partial charge in [-0.1, -0.05) is 6.08 Å². The zero-order valence-corrected chi connectivity index (χ0v) is 13.0. The Morgan fingerprint density at radius 3 is 2.46 bits per heavy atom. The molecule has 0 aromatic rings. The number of rotatable bonds is 4. The average Bonchev–Trinajstić information content (AvgIpc) is 2.92. The van der Waals surface area contributed by atoms with Crippen LogP contribution in [0, 0.1) is 11.8 Å². The topological polar surface area (TPSA) is 161 Å². The molecular weight excluding hydrogens is 320 g/mol. The second-order valence-corrected chi connectivity index (χ2v) is 6.26. The number of hydrogen-bond donors (Lipinski definition) is 6. The van der Waals surface area contributed by atoms with Gasteiger partial charge in [0.2, 0.25) is 6.29 Å². The molecule has 3 aliphatic rings. The summed E-state index contributed by atoms with van der Waals surface area (Å²) >= 11 is 0. The minimum Gasteiger partial charge on any atom is -0.472 e. The van der Waals surface area contributed by atoms with E-state index in [2.05, 4.69) is 0 Å². The van der Waals surface area contributed by atoms with Gasteiger partial charge in [-0.25, -0.2) is 0 Å². The van der Waals surface area contributed by atoms with Crippen LogP contribution in [-0.2, 0) is 14.2 Å². The third-order valence-electron chi connectivity index (χ3n) is 4.83. The molecule has 3 rings (SSSR count). The minimum absolute atomic E-state index is 0.0467. The van der Waals surface area contributed by atoms with Gasteiger partial charge in [-0.15, -0.1) is 0 Å². The van der Waals surface area contributed by atoms with Gasteiger partial charge < -0.3 is 46.1 Å². The number of ether oxygens (including phenoxy) is 3. The van der Waals surface area contributed by atoms with E-state index in [0.29, 0.717) is 0 Å². The third-order valence-corrected chi connectivity index (χ3v) is 4.83. The van der Waals surface area contributed by atoms with Crippen molar-refractivity contribution in [3.05, 3.63) is 24.0 Å². The predicted molar refractivity (Wildman–Crippen MR) is 81.0 cm³/mol. The highest BCUT2D eigenvalue weighted by molar-refractivity contribution is 5.26. The molecule has 1 aliphatic carbocycles. The molecule has 1 fully saturated rings. The van der Waals surface area contributed by atoms with Crippen molar-refractivity contribution in [1.82, 2.24) is 0 Å². The van der Waals surface area contributed by atoms with Crippen molar-refractivity contribution >= 4 is 0 Å². The molecule has 9 nitrogen and oxygen atoms in total. The molecule has 2 heterocycles. The molecular formula is C15H24N2O7. The monoisotopic (exact) mass is 344 g/mol. The fourth-order valence-corrected chi connectivity index (χ4v) is 3.47. The van der Waals surface area contributed by atoms with Crippen molar-refractivity contribution in [3.8, 4) is 0 Å². The Morgan fingerprint density at radius 2 is 1.79 bits per heavy atom. The summed E-state index contributed by atoms with van der Waals surface area (Å²) < 4.78 is 16.6. The van der Waals surface area contributed by atoms with Crippen LogP contribution in [0.1, 0.15) is 0 Å². The molecule has 0 aromatic carbocycles. The lowest BCUT2D eigenvalue weighted by Gasteiger charge is -2.42. The van der Waals surface area contributed by atoms with E-state index in [9.17, 15) is 20.4 Å². The first-order valence-corrected chi connectivity index (χ1v) is 7.94. The number of aliphatic hydroxyl groups excluding tert-OH is 4. The highest BCUT2D eigenvalue weighted by atomic mass is 16.8. The summed E-state index contributed by atoms with van der Waals surface area (Å²) in [6, 6.07) is 0. The Kier molecular flexibility index (Phi) is 5.23. The Balaban J connectivity index is 1.75.